The molecule has 0 radical (unpaired) electrons. The number of hydrogen-bond donors (Lipinski definition) is 2. The fourth-order valence-electron chi connectivity index (χ4n) is 4.34. The minimum Gasteiger partial charge on any atom is -0.489 e. The number of alkyl halides is 4. The maximum atomic E-state index is 13.3. The summed E-state index contributed by atoms with van der Waals surface area (Å²) >= 11 is 2.02. The third-order valence-corrected chi connectivity index (χ3v) is 7.97. The number of carbonyl (C=O) groups is 3. The monoisotopic (exact) mass is 709 g/mol. The van der Waals surface area contributed by atoms with Crippen LogP contribution in [0.3, 0.4) is 0 Å². The number of halogens is 4. The van der Waals surface area contributed by atoms with Crippen molar-refractivity contribution in [2.75, 3.05) is 18.0 Å². The van der Waals surface area contributed by atoms with Crippen molar-refractivity contribution in [3.8, 4) is 11.5 Å². The van der Waals surface area contributed by atoms with Gasteiger partial charge in [-0.1, -0.05) is 65.1 Å². The summed E-state index contributed by atoms with van der Waals surface area (Å²) in [6.07, 6.45) is -2.47. The van der Waals surface area contributed by atoms with Gasteiger partial charge in [-0.2, -0.15) is 0 Å². The maximum Gasteiger partial charge on any atom is 0.573 e. The Bertz CT molecular complexity index is 1440. The van der Waals surface area contributed by atoms with E-state index < -0.39 is 28.5 Å². The summed E-state index contributed by atoms with van der Waals surface area (Å²) in [5.41, 5.74) is 1.85. The second-order valence-electron chi connectivity index (χ2n) is 9.45. The molecule has 13 heteroatoms. The molecule has 0 aliphatic carbocycles. The van der Waals surface area contributed by atoms with E-state index in [1.807, 2.05) is 52.9 Å². The number of likely N-dealkylation sites (tertiary alicyclic amines) is 1. The lowest BCUT2D eigenvalue weighted by atomic mass is 10.2. The van der Waals surface area contributed by atoms with Gasteiger partial charge < -0.3 is 24.8 Å². The summed E-state index contributed by atoms with van der Waals surface area (Å²) in [5, 5.41) is 11.5. The average Bonchev–Trinajstić information content (AvgIpc) is 3.33. The van der Waals surface area contributed by atoms with Gasteiger partial charge in [-0.05, 0) is 60.0 Å². The van der Waals surface area contributed by atoms with Crippen LogP contribution in [0.15, 0.2) is 84.9 Å². The molecule has 3 aromatic carbocycles. The van der Waals surface area contributed by atoms with Crippen LogP contribution >= 0.6 is 22.6 Å². The SMILES string of the molecule is O=C(O)NC1CCN(C(=O)CN(C(=O)C=Cc2ccccc2)c2ccc(OCc3ccc(OC(F)(F)F)cc3)cc2)C1I. The molecule has 3 aromatic rings. The van der Waals surface area contributed by atoms with Crippen molar-refractivity contribution in [1.82, 2.24) is 10.2 Å². The van der Waals surface area contributed by atoms with Crippen LogP contribution in [0.5, 0.6) is 11.5 Å². The van der Waals surface area contributed by atoms with E-state index in [4.69, 9.17) is 9.84 Å². The summed E-state index contributed by atoms with van der Waals surface area (Å²) in [4.78, 5) is 40.6. The number of anilines is 1. The molecule has 3 amide bonds. The van der Waals surface area contributed by atoms with Gasteiger partial charge in [-0.25, -0.2) is 4.79 Å². The van der Waals surface area contributed by atoms with Gasteiger partial charge in [0.1, 0.15) is 28.7 Å². The van der Waals surface area contributed by atoms with Crippen LogP contribution in [0, 0.1) is 0 Å². The van der Waals surface area contributed by atoms with E-state index in [0.29, 0.717) is 30.0 Å². The quantitative estimate of drug-likeness (QED) is 0.119. The summed E-state index contributed by atoms with van der Waals surface area (Å²) in [5.74, 6) is -0.671. The second kappa shape index (κ2) is 14.3. The van der Waals surface area contributed by atoms with E-state index in [9.17, 15) is 27.6 Å². The number of carboxylic acid groups (broad SMARTS) is 1. The summed E-state index contributed by atoms with van der Waals surface area (Å²) in [6.45, 7) is 0.142. The van der Waals surface area contributed by atoms with Crippen molar-refractivity contribution in [3.63, 3.8) is 0 Å². The van der Waals surface area contributed by atoms with Gasteiger partial charge >= 0.3 is 12.5 Å². The van der Waals surface area contributed by atoms with Gasteiger partial charge in [-0.15, -0.1) is 13.2 Å². The number of nitrogens with zero attached hydrogens (tertiary/aromatic N) is 2. The van der Waals surface area contributed by atoms with Gasteiger partial charge in [0.2, 0.25) is 5.91 Å². The van der Waals surface area contributed by atoms with Crippen molar-refractivity contribution < 1.29 is 42.1 Å². The molecular formula is C30H27F3IN3O6. The molecule has 1 aliphatic heterocycles. The fraction of sp³-hybridized carbons (Fsp3) is 0.233. The first kappa shape index (κ1) is 31.7. The molecule has 43 heavy (non-hydrogen) atoms. The standard InChI is InChI=1S/C30H27F3IN3O6/c31-30(32,33)43-24-11-6-21(7-12-24)19-42-23-13-9-22(10-14-23)37(26(38)15-8-20-4-2-1-3-5-20)18-27(39)36-17-16-25(28(36)34)35-29(40)41/h1-15,25,28,35H,16-19H2,(H,40,41). The zero-order valence-electron chi connectivity index (χ0n) is 22.5. The number of benzene rings is 3. The molecule has 0 saturated carbocycles. The predicted molar refractivity (Wildman–Crippen MR) is 161 cm³/mol. The first-order valence-corrected chi connectivity index (χ1v) is 14.3. The molecule has 9 nitrogen and oxygen atoms in total. The lowest BCUT2D eigenvalue weighted by Crippen LogP contribution is -2.47. The topological polar surface area (TPSA) is 108 Å². The molecule has 1 saturated heterocycles. The molecule has 2 atom stereocenters. The summed E-state index contributed by atoms with van der Waals surface area (Å²) in [6, 6.07) is 20.6. The Morgan fingerprint density at radius 2 is 1.65 bits per heavy atom. The fourth-order valence-corrected chi connectivity index (χ4v) is 5.47. The Kier molecular flexibility index (Phi) is 10.5. The third kappa shape index (κ3) is 9.36. The average molecular weight is 709 g/mol. The highest BCUT2D eigenvalue weighted by Crippen LogP contribution is 2.27. The van der Waals surface area contributed by atoms with Crippen molar-refractivity contribution in [2.24, 2.45) is 0 Å². The van der Waals surface area contributed by atoms with Crippen LogP contribution in [0.1, 0.15) is 17.5 Å². The molecule has 1 heterocycles. The first-order valence-electron chi connectivity index (χ1n) is 13.0. The Hall–Kier alpha value is -4.27. The van der Waals surface area contributed by atoms with Gasteiger partial charge in [0.15, 0.2) is 0 Å². The van der Waals surface area contributed by atoms with Gasteiger partial charge in [0.05, 0.1) is 6.04 Å². The lowest BCUT2D eigenvalue weighted by Gasteiger charge is -2.27. The minimum atomic E-state index is -4.77. The molecular weight excluding hydrogens is 682 g/mol. The largest absolute Gasteiger partial charge is 0.573 e. The molecule has 1 aliphatic rings. The van der Waals surface area contributed by atoms with Gasteiger partial charge in [-0.3, -0.25) is 14.5 Å². The predicted octanol–water partition coefficient (Wildman–Crippen LogP) is 5.84. The first-order chi connectivity index (χ1) is 20.5. The highest BCUT2D eigenvalue weighted by Gasteiger charge is 2.37. The molecule has 1 fully saturated rings. The van der Waals surface area contributed by atoms with Crippen LogP contribution in [0.2, 0.25) is 0 Å². The van der Waals surface area contributed by atoms with E-state index in [0.717, 1.165) is 5.56 Å². The van der Waals surface area contributed by atoms with E-state index in [2.05, 4.69) is 10.1 Å². The van der Waals surface area contributed by atoms with Crippen molar-refractivity contribution in [3.05, 3.63) is 96.1 Å². The Morgan fingerprint density at radius 1 is 1.00 bits per heavy atom. The molecule has 0 bridgehead atoms. The Balaban J connectivity index is 1.46. The highest BCUT2D eigenvalue weighted by atomic mass is 127. The van der Waals surface area contributed by atoms with E-state index >= 15 is 0 Å². The number of amides is 3. The van der Waals surface area contributed by atoms with Crippen molar-refractivity contribution >= 4 is 52.3 Å². The number of rotatable bonds is 10. The molecule has 226 valence electrons. The summed E-state index contributed by atoms with van der Waals surface area (Å²) < 4.78 is 46.3. The number of ether oxygens (including phenoxy) is 2. The van der Waals surface area contributed by atoms with E-state index in [1.165, 1.54) is 35.2 Å². The molecule has 0 spiro atoms. The van der Waals surface area contributed by atoms with Gasteiger partial charge in [0, 0.05) is 18.3 Å². The normalized spacial score (nSPS) is 16.6. The highest BCUT2D eigenvalue weighted by molar-refractivity contribution is 14.1. The third-order valence-electron chi connectivity index (χ3n) is 6.43. The minimum absolute atomic E-state index is 0.0736. The van der Waals surface area contributed by atoms with Gasteiger partial charge in [0.25, 0.3) is 5.91 Å². The number of carbonyl (C=O) groups excluding carboxylic acids is 2. The summed E-state index contributed by atoms with van der Waals surface area (Å²) in [7, 11) is 0. The van der Waals surface area contributed by atoms with Crippen molar-refractivity contribution in [2.45, 2.75) is 29.5 Å². The number of nitrogens with one attached hydrogen (secondary N) is 1. The zero-order valence-corrected chi connectivity index (χ0v) is 24.7. The molecule has 2 N–H and O–H groups in total. The Morgan fingerprint density at radius 3 is 2.28 bits per heavy atom. The van der Waals surface area contributed by atoms with E-state index in [-0.39, 0.29) is 24.8 Å². The zero-order chi connectivity index (χ0) is 31.0. The second-order valence-corrected chi connectivity index (χ2v) is 10.7. The van der Waals surface area contributed by atoms with Crippen LogP contribution in [-0.2, 0) is 16.2 Å². The smallest absolute Gasteiger partial charge is 0.489 e. The van der Waals surface area contributed by atoms with Crippen LogP contribution in [-0.4, -0.2) is 57.5 Å². The lowest BCUT2D eigenvalue weighted by molar-refractivity contribution is -0.274. The Labute approximate surface area is 259 Å². The molecule has 2 unspecified atom stereocenters. The molecule has 0 aromatic heterocycles. The number of hydrogen-bond acceptors (Lipinski definition) is 5. The van der Waals surface area contributed by atoms with Crippen LogP contribution in [0.4, 0.5) is 23.7 Å². The van der Waals surface area contributed by atoms with Crippen LogP contribution < -0.4 is 19.7 Å². The van der Waals surface area contributed by atoms with Crippen molar-refractivity contribution in [1.29, 1.82) is 0 Å². The van der Waals surface area contributed by atoms with E-state index in [1.54, 1.807) is 35.2 Å². The molecule has 4 rings (SSSR count). The van der Waals surface area contributed by atoms with Crippen LogP contribution in [0.25, 0.3) is 6.08 Å². The maximum absolute atomic E-state index is 13.3.